The summed E-state index contributed by atoms with van der Waals surface area (Å²) in [5.41, 5.74) is 3.94. The Kier molecular flexibility index (Phi) is 4.60. The number of aromatic nitrogens is 1. The molecule has 0 atom stereocenters. The molecule has 5 nitrogen and oxygen atoms in total. The van der Waals surface area contributed by atoms with Crippen molar-refractivity contribution in [1.82, 2.24) is 9.88 Å². The molecule has 1 fully saturated rings. The van der Waals surface area contributed by atoms with E-state index in [0.29, 0.717) is 17.4 Å². The number of nitrogens with zero attached hydrogens (tertiary/aromatic N) is 2. The lowest BCUT2D eigenvalue weighted by Crippen LogP contribution is -2.39. The first kappa shape index (κ1) is 14.8. The van der Waals surface area contributed by atoms with Crippen molar-refractivity contribution < 1.29 is 4.79 Å². The summed E-state index contributed by atoms with van der Waals surface area (Å²) in [6.07, 6.45) is 4.59. The molecule has 110 valence electrons. The molecule has 1 aromatic heterocycles. The number of nitrogens with one attached hydrogen (secondary N) is 1. The van der Waals surface area contributed by atoms with Crippen LogP contribution in [0.4, 0.5) is 5.82 Å². The van der Waals surface area contributed by atoms with Gasteiger partial charge in [0.15, 0.2) is 0 Å². The molecule has 0 radical (unpaired) electrons. The van der Waals surface area contributed by atoms with Crippen LogP contribution in [0.3, 0.4) is 0 Å². The van der Waals surface area contributed by atoms with Gasteiger partial charge in [-0.25, -0.2) is 10.8 Å². The molecule has 1 aliphatic rings. The van der Waals surface area contributed by atoms with Gasteiger partial charge in [-0.2, -0.15) is 0 Å². The molecular weight excluding hydrogens is 252 g/mol. The van der Waals surface area contributed by atoms with E-state index >= 15 is 0 Å². The quantitative estimate of drug-likeness (QED) is 0.656. The Hall–Kier alpha value is -1.62. The lowest BCUT2D eigenvalue weighted by Gasteiger charge is -2.33. The fraction of sp³-hybridized carbons (Fsp3) is 0.600. The van der Waals surface area contributed by atoms with Gasteiger partial charge < -0.3 is 10.3 Å². The Bertz CT molecular complexity index is 481. The van der Waals surface area contributed by atoms with Gasteiger partial charge in [-0.1, -0.05) is 6.92 Å². The van der Waals surface area contributed by atoms with Crippen LogP contribution in [0, 0.1) is 12.8 Å². The Morgan fingerprint density at radius 3 is 2.60 bits per heavy atom. The summed E-state index contributed by atoms with van der Waals surface area (Å²) >= 11 is 0. The lowest BCUT2D eigenvalue weighted by atomic mass is 9.86. The first-order valence-corrected chi connectivity index (χ1v) is 7.23. The number of carbonyl (C=O) groups is 1. The van der Waals surface area contributed by atoms with Gasteiger partial charge in [0.05, 0.1) is 0 Å². The normalized spacial score (nSPS) is 22.4. The number of hydrazine groups is 1. The lowest BCUT2D eigenvalue weighted by molar-refractivity contribution is 0.0679. The van der Waals surface area contributed by atoms with E-state index in [0.717, 1.165) is 24.5 Å². The molecule has 0 unspecified atom stereocenters. The van der Waals surface area contributed by atoms with Crippen LogP contribution in [0.15, 0.2) is 12.1 Å². The Balaban J connectivity index is 2.12. The molecule has 0 bridgehead atoms. The zero-order valence-corrected chi connectivity index (χ0v) is 12.5. The average molecular weight is 276 g/mol. The fourth-order valence-corrected chi connectivity index (χ4v) is 2.87. The van der Waals surface area contributed by atoms with Crippen molar-refractivity contribution in [3.05, 3.63) is 23.4 Å². The number of nitrogen functional groups attached to an aromatic ring is 1. The summed E-state index contributed by atoms with van der Waals surface area (Å²) in [6.45, 7) is 4.14. The third kappa shape index (κ3) is 3.28. The number of anilines is 1. The van der Waals surface area contributed by atoms with E-state index in [9.17, 15) is 4.79 Å². The minimum atomic E-state index is 0.0477. The molecule has 5 heteroatoms. The summed E-state index contributed by atoms with van der Waals surface area (Å²) in [6, 6.07) is 3.86. The predicted octanol–water partition coefficient (Wildman–Crippen LogP) is 2.33. The monoisotopic (exact) mass is 276 g/mol. The van der Waals surface area contributed by atoms with Crippen LogP contribution in [-0.4, -0.2) is 28.9 Å². The Morgan fingerprint density at radius 1 is 1.35 bits per heavy atom. The standard InChI is InChI=1S/C15H24N4O/c1-10-4-6-13(7-5-10)19(3)15(20)12-8-11(2)17-14(9-12)18-16/h8-10,13H,4-7,16H2,1-3H3,(H,17,18). The van der Waals surface area contributed by atoms with Crippen LogP contribution in [0.1, 0.15) is 48.7 Å². The molecule has 1 aliphatic carbocycles. The maximum absolute atomic E-state index is 12.6. The van der Waals surface area contributed by atoms with Crippen LogP contribution in [0.2, 0.25) is 0 Å². The highest BCUT2D eigenvalue weighted by Crippen LogP contribution is 2.27. The number of carbonyl (C=O) groups excluding carboxylic acids is 1. The maximum atomic E-state index is 12.6. The van der Waals surface area contributed by atoms with Gasteiger partial charge in [-0.15, -0.1) is 0 Å². The van der Waals surface area contributed by atoms with Crippen molar-refractivity contribution in [1.29, 1.82) is 0 Å². The van der Waals surface area contributed by atoms with Crippen molar-refractivity contribution in [3.63, 3.8) is 0 Å². The van der Waals surface area contributed by atoms with E-state index in [1.54, 1.807) is 6.07 Å². The molecule has 20 heavy (non-hydrogen) atoms. The van der Waals surface area contributed by atoms with Gasteiger partial charge in [-0.05, 0) is 50.7 Å². The molecule has 0 saturated heterocycles. The van der Waals surface area contributed by atoms with Crippen molar-refractivity contribution in [2.24, 2.45) is 11.8 Å². The number of amides is 1. The van der Waals surface area contributed by atoms with E-state index in [2.05, 4.69) is 17.3 Å². The Labute approximate surface area is 120 Å². The number of hydrogen-bond acceptors (Lipinski definition) is 4. The molecule has 3 N–H and O–H groups in total. The maximum Gasteiger partial charge on any atom is 0.254 e. The van der Waals surface area contributed by atoms with E-state index < -0.39 is 0 Å². The number of hydrogen-bond donors (Lipinski definition) is 2. The predicted molar refractivity (Wildman–Crippen MR) is 80.3 cm³/mol. The summed E-state index contributed by atoms with van der Waals surface area (Å²) in [4.78, 5) is 18.7. The molecule has 0 spiro atoms. The van der Waals surface area contributed by atoms with E-state index in [4.69, 9.17) is 5.84 Å². The number of aryl methyl sites for hydroxylation is 1. The molecular formula is C15H24N4O. The van der Waals surface area contributed by atoms with Crippen LogP contribution < -0.4 is 11.3 Å². The summed E-state index contributed by atoms with van der Waals surface area (Å²) in [5.74, 6) is 6.74. The van der Waals surface area contributed by atoms with Crippen molar-refractivity contribution >= 4 is 11.7 Å². The SMILES string of the molecule is Cc1cc(C(=O)N(C)C2CCC(C)CC2)cc(NN)n1. The van der Waals surface area contributed by atoms with Gasteiger partial charge in [-0.3, -0.25) is 4.79 Å². The third-order valence-electron chi connectivity index (χ3n) is 4.20. The van der Waals surface area contributed by atoms with Gasteiger partial charge in [0.2, 0.25) is 0 Å². The summed E-state index contributed by atoms with van der Waals surface area (Å²) < 4.78 is 0. The first-order chi connectivity index (χ1) is 9.51. The molecule has 1 amide bonds. The van der Waals surface area contributed by atoms with Gasteiger partial charge in [0.25, 0.3) is 5.91 Å². The van der Waals surface area contributed by atoms with E-state index in [-0.39, 0.29) is 5.91 Å². The summed E-state index contributed by atoms with van der Waals surface area (Å²) in [7, 11) is 1.90. The third-order valence-corrected chi connectivity index (χ3v) is 4.20. The van der Waals surface area contributed by atoms with Gasteiger partial charge >= 0.3 is 0 Å². The topological polar surface area (TPSA) is 71.2 Å². The molecule has 0 aromatic carbocycles. The largest absolute Gasteiger partial charge is 0.339 e. The van der Waals surface area contributed by atoms with Gasteiger partial charge in [0, 0.05) is 24.3 Å². The minimum Gasteiger partial charge on any atom is -0.339 e. The van der Waals surface area contributed by atoms with Crippen LogP contribution in [0.5, 0.6) is 0 Å². The number of nitrogens with two attached hydrogens (primary N) is 1. The second-order valence-corrected chi connectivity index (χ2v) is 5.86. The van der Waals surface area contributed by atoms with Crippen molar-refractivity contribution in [3.8, 4) is 0 Å². The smallest absolute Gasteiger partial charge is 0.254 e. The zero-order chi connectivity index (χ0) is 14.7. The second-order valence-electron chi connectivity index (χ2n) is 5.86. The average Bonchev–Trinajstić information content (AvgIpc) is 2.45. The van der Waals surface area contributed by atoms with Gasteiger partial charge in [0.1, 0.15) is 5.82 Å². The molecule has 0 aliphatic heterocycles. The highest BCUT2D eigenvalue weighted by Gasteiger charge is 2.25. The molecule has 2 rings (SSSR count). The molecule has 1 heterocycles. The van der Waals surface area contributed by atoms with E-state index in [1.807, 2.05) is 24.9 Å². The van der Waals surface area contributed by atoms with Crippen LogP contribution >= 0.6 is 0 Å². The number of pyridine rings is 1. The van der Waals surface area contributed by atoms with Crippen molar-refractivity contribution in [2.75, 3.05) is 12.5 Å². The summed E-state index contributed by atoms with van der Waals surface area (Å²) in [5, 5.41) is 0. The number of rotatable bonds is 3. The second kappa shape index (κ2) is 6.22. The van der Waals surface area contributed by atoms with Crippen molar-refractivity contribution in [2.45, 2.75) is 45.6 Å². The highest BCUT2D eigenvalue weighted by atomic mass is 16.2. The Morgan fingerprint density at radius 2 is 2.00 bits per heavy atom. The molecule has 1 aromatic rings. The zero-order valence-electron chi connectivity index (χ0n) is 12.5. The fourth-order valence-electron chi connectivity index (χ4n) is 2.87. The first-order valence-electron chi connectivity index (χ1n) is 7.23. The van der Waals surface area contributed by atoms with E-state index in [1.165, 1.54) is 12.8 Å². The van der Waals surface area contributed by atoms with Crippen LogP contribution in [-0.2, 0) is 0 Å². The molecule has 1 saturated carbocycles. The highest BCUT2D eigenvalue weighted by molar-refractivity contribution is 5.95. The minimum absolute atomic E-state index is 0.0477. The van der Waals surface area contributed by atoms with Crippen LogP contribution in [0.25, 0.3) is 0 Å².